The molecule has 4 heteroatoms. The van der Waals surface area contributed by atoms with Crippen molar-refractivity contribution in [3.63, 3.8) is 0 Å². The van der Waals surface area contributed by atoms with Crippen LogP contribution in [0.2, 0.25) is 0 Å². The molecule has 0 heterocycles. The maximum atomic E-state index is 11.5. The SMILES string of the molecule is O=C(O)C12CCC(NCc3ccc4cc(O)ccc4c3)(CC1)CC2. The number of nitrogens with one attached hydrogen (secondary N) is 1. The minimum absolute atomic E-state index is 0.112. The third-order valence-corrected chi connectivity index (χ3v) is 6.26. The quantitative estimate of drug-likeness (QED) is 0.799. The van der Waals surface area contributed by atoms with Crippen molar-refractivity contribution >= 4 is 16.7 Å². The Bertz CT molecular complexity index is 774. The molecule has 2 bridgehead atoms. The average Bonchev–Trinajstić information content (AvgIpc) is 2.61. The monoisotopic (exact) mass is 325 g/mol. The fourth-order valence-corrected chi connectivity index (χ4v) is 4.45. The summed E-state index contributed by atoms with van der Waals surface area (Å²) >= 11 is 0. The molecule has 0 aromatic heterocycles. The zero-order valence-corrected chi connectivity index (χ0v) is 13.7. The number of aromatic hydroxyl groups is 1. The Hall–Kier alpha value is -2.07. The predicted octanol–water partition coefficient (Wildman–Crippen LogP) is 3.81. The zero-order chi connectivity index (χ0) is 16.8. The highest BCUT2D eigenvalue weighted by Gasteiger charge is 2.52. The molecule has 3 saturated carbocycles. The largest absolute Gasteiger partial charge is 0.508 e. The number of hydrogen-bond donors (Lipinski definition) is 3. The van der Waals surface area contributed by atoms with E-state index in [1.54, 1.807) is 12.1 Å². The molecule has 0 aliphatic heterocycles. The highest BCUT2D eigenvalue weighted by molar-refractivity contribution is 5.84. The molecule has 0 saturated heterocycles. The van der Waals surface area contributed by atoms with E-state index in [0.29, 0.717) is 5.75 Å². The van der Waals surface area contributed by atoms with Gasteiger partial charge in [0.1, 0.15) is 5.75 Å². The van der Waals surface area contributed by atoms with Gasteiger partial charge in [0.05, 0.1) is 5.41 Å². The predicted molar refractivity (Wildman–Crippen MR) is 93.0 cm³/mol. The van der Waals surface area contributed by atoms with E-state index < -0.39 is 11.4 Å². The van der Waals surface area contributed by atoms with Gasteiger partial charge in [0.2, 0.25) is 0 Å². The van der Waals surface area contributed by atoms with E-state index in [0.717, 1.165) is 55.8 Å². The fourth-order valence-electron chi connectivity index (χ4n) is 4.45. The molecule has 2 aromatic carbocycles. The van der Waals surface area contributed by atoms with Crippen molar-refractivity contribution in [3.05, 3.63) is 42.0 Å². The number of phenolic OH excluding ortho intramolecular Hbond substituents is 1. The van der Waals surface area contributed by atoms with E-state index in [1.807, 2.05) is 12.1 Å². The van der Waals surface area contributed by atoms with Crippen LogP contribution in [0.1, 0.15) is 44.1 Å². The Kier molecular flexibility index (Phi) is 3.53. The van der Waals surface area contributed by atoms with Crippen molar-refractivity contribution < 1.29 is 15.0 Å². The van der Waals surface area contributed by atoms with Crippen molar-refractivity contribution in [2.24, 2.45) is 5.41 Å². The van der Waals surface area contributed by atoms with Crippen LogP contribution >= 0.6 is 0 Å². The Balaban J connectivity index is 1.46. The molecule has 0 spiro atoms. The molecule has 24 heavy (non-hydrogen) atoms. The molecule has 0 amide bonds. The second-order valence-electron chi connectivity index (χ2n) is 7.59. The number of aliphatic carboxylic acids is 1. The van der Waals surface area contributed by atoms with Crippen LogP contribution in [0.15, 0.2) is 36.4 Å². The van der Waals surface area contributed by atoms with Crippen LogP contribution in [0.3, 0.4) is 0 Å². The van der Waals surface area contributed by atoms with Gasteiger partial charge in [-0.25, -0.2) is 0 Å². The number of fused-ring (bicyclic) bond motifs is 4. The summed E-state index contributed by atoms with van der Waals surface area (Å²) < 4.78 is 0. The van der Waals surface area contributed by atoms with Gasteiger partial charge in [-0.05, 0) is 73.1 Å². The molecule has 0 radical (unpaired) electrons. The molecule has 3 aliphatic carbocycles. The van der Waals surface area contributed by atoms with E-state index in [1.165, 1.54) is 5.56 Å². The number of benzene rings is 2. The van der Waals surface area contributed by atoms with Gasteiger partial charge >= 0.3 is 5.97 Å². The topological polar surface area (TPSA) is 69.6 Å². The molecule has 4 nitrogen and oxygen atoms in total. The maximum Gasteiger partial charge on any atom is 0.309 e. The summed E-state index contributed by atoms with van der Waals surface area (Å²) in [7, 11) is 0. The molecular formula is C20H23NO3. The number of phenols is 1. The molecule has 0 atom stereocenters. The van der Waals surface area contributed by atoms with Gasteiger partial charge in [-0.2, -0.15) is 0 Å². The Morgan fingerprint density at radius 1 is 0.958 bits per heavy atom. The van der Waals surface area contributed by atoms with E-state index in [-0.39, 0.29) is 5.54 Å². The number of carboxylic acid groups (broad SMARTS) is 1. The van der Waals surface area contributed by atoms with E-state index in [2.05, 4.69) is 17.4 Å². The van der Waals surface area contributed by atoms with Crippen molar-refractivity contribution in [2.45, 2.75) is 50.6 Å². The fraction of sp³-hybridized carbons (Fsp3) is 0.450. The molecule has 3 fully saturated rings. The summed E-state index contributed by atoms with van der Waals surface area (Å²) in [5, 5.41) is 24.9. The second-order valence-corrected chi connectivity index (χ2v) is 7.59. The number of carbonyl (C=O) groups is 1. The van der Waals surface area contributed by atoms with Gasteiger partial charge in [-0.3, -0.25) is 4.79 Å². The molecule has 5 rings (SSSR count). The first-order chi connectivity index (χ1) is 11.5. The van der Waals surface area contributed by atoms with Gasteiger partial charge in [0.25, 0.3) is 0 Å². The molecular weight excluding hydrogens is 302 g/mol. The maximum absolute atomic E-state index is 11.5. The molecule has 3 aliphatic rings. The summed E-state index contributed by atoms with van der Waals surface area (Å²) in [4.78, 5) is 11.5. The normalized spacial score (nSPS) is 29.0. The van der Waals surface area contributed by atoms with E-state index in [9.17, 15) is 15.0 Å². The van der Waals surface area contributed by atoms with Gasteiger partial charge in [0, 0.05) is 12.1 Å². The zero-order valence-electron chi connectivity index (χ0n) is 13.7. The van der Waals surface area contributed by atoms with Crippen LogP contribution in [-0.2, 0) is 11.3 Å². The van der Waals surface area contributed by atoms with Crippen LogP contribution in [0.25, 0.3) is 10.8 Å². The van der Waals surface area contributed by atoms with Crippen LogP contribution in [0.4, 0.5) is 0 Å². The van der Waals surface area contributed by atoms with Crippen LogP contribution < -0.4 is 5.32 Å². The average molecular weight is 325 g/mol. The van der Waals surface area contributed by atoms with Gasteiger partial charge in [-0.1, -0.05) is 18.2 Å². The lowest BCUT2D eigenvalue weighted by Crippen LogP contribution is -2.56. The summed E-state index contributed by atoms with van der Waals surface area (Å²) in [5.41, 5.74) is 0.887. The van der Waals surface area contributed by atoms with Crippen LogP contribution in [0, 0.1) is 5.41 Å². The van der Waals surface area contributed by atoms with E-state index >= 15 is 0 Å². The smallest absolute Gasteiger partial charge is 0.309 e. The number of hydrogen-bond acceptors (Lipinski definition) is 3. The first-order valence-electron chi connectivity index (χ1n) is 8.71. The van der Waals surface area contributed by atoms with Crippen LogP contribution in [-0.4, -0.2) is 21.7 Å². The third-order valence-electron chi connectivity index (χ3n) is 6.26. The highest BCUT2D eigenvalue weighted by atomic mass is 16.4. The molecule has 0 unspecified atom stereocenters. The van der Waals surface area contributed by atoms with Gasteiger partial charge in [-0.15, -0.1) is 0 Å². The summed E-state index contributed by atoms with van der Waals surface area (Å²) in [6.45, 7) is 0.802. The van der Waals surface area contributed by atoms with Gasteiger partial charge < -0.3 is 15.5 Å². The first kappa shape index (κ1) is 15.5. The lowest BCUT2D eigenvalue weighted by molar-refractivity contribution is -0.156. The Morgan fingerprint density at radius 3 is 2.25 bits per heavy atom. The number of carboxylic acids is 1. The Morgan fingerprint density at radius 2 is 1.58 bits per heavy atom. The lowest BCUT2D eigenvalue weighted by Gasteiger charge is -2.51. The van der Waals surface area contributed by atoms with Gasteiger partial charge in [0.15, 0.2) is 0 Å². The van der Waals surface area contributed by atoms with Crippen LogP contribution in [0.5, 0.6) is 5.75 Å². The highest BCUT2D eigenvalue weighted by Crippen LogP contribution is 2.52. The summed E-state index contributed by atoms with van der Waals surface area (Å²) in [6.07, 6.45) is 5.27. The molecule has 126 valence electrons. The van der Waals surface area contributed by atoms with Crippen molar-refractivity contribution in [3.8, 4) is 5.75 Å². The Labute approximate surface area is 141 Å². The van der Waals surface area contributed by atoms with E-state index in [4.69, 9.17) is 0 Å². The second kappa shape index (κ2) is 5.49. The molecule has 2 aromatic rings. The lowest BCUT2D eigenvalue weighted by atomic mass is 9.57. The molecule has 3 N–H and O–H groups in total. The standard InChI is InChI=1S/C20H23NO3/c22-17-4-3-15-11-14(1-2-16(15)12-17)13-21-20-8-5-19(6-9-20,7-10-20)18(23)24/h1-4,11-12,21-22H,5-10,13H2,(H,23,24). The number of rotatable bonds is 4. The first-order valence-corrected chi connectivity index (χ1v) is 8.71. The van der Waals surface area contributed by atoms with Crippen molar-refractivity contribution in [2.75, 3.05) is 0 Å². The summed E-state index contributed by atoms with van der Waals surface area (Å²) in [6, 6.07) is 11.7. The summed E-state index contributed by atoms with van der Waals surface area (Å²) in [5.74, 6) is -0.313. The minimum atomic E-state index is -0.603. The van der Waals surface area contributed by atoms with Crippen molar-refractivity contribution in [1.29, 1.82) is 0 Å². The minimum Gasteiger partial charge on any atom is -0.508 e. The van der Waals surface area contributed by atoms with Crippen molar-refractivity contribution in [1.82, 2.24) is 5.32 Å². The third kappa shape index (κ3) is 2.55.